The molecular formula is C21H24N4O2S2. The Kier molecular flexibility index (Phi) is 5.54. The third kappa shape index (κ3) is 3.86. The van der Waals surface area contributed by atoms with Crippen LogP contribution in [0.2, 0.25) is 0 Å². The van der Waals surface area contributed by atoms with E-state index in [0.29, 0.717) is 11.7 Å². The Morgan fingerprint density at radius 1 is 1.48 bits per heavy atom. The van der Waals surface area contributed by atoms with Crippen molar-refractivity contribution >= 4 is 39.2 Å². The van der Waals surface area contributed by atoms with E-state index >= 15 is 0 Å². The van der Waals surface area contributed by atoms with E-state index in [4.69, 9.17) is 4.98 Å². The van der Waals surface area contributed by atoms with Crippen molar-refractivity contribution < 1.29 is 4.79 Å². The van der Waals surface area contributed by atoms with Crippen molar-refractivity contribution in [1.82, 2.24) is 14.9 Å². The molecule has 0 aromatic carbocycles. The molecule has 29 heavy (non-hydrogen) atoms. The van der Waals surface area contributed by atoms with Gasteiger partial charge < -0.3 is 5.32 Å². The van der Waals surface area contributed by atoms with Gasteiger partial charge in [0.1, 0.15) is 10.4 Å². The van der Waals surface area contributed by atoms with E-state index in [9.17, 15) is 14.9 Å². The minimum atomic E-state index is -0.817. The van der Waals surface area contributed by atoms with E-state index in [1.54, 1.807) is 28.9 Å². The van der Waals surface area contributed by atoms with E-state index in [1.165, 1.54) is 16.6 Å². The minimum Gasteiger partial charge on any atom is -0.337 e. The van der Waals surface area contributed by atoms with Crippen LogP contribution in [0.25, 0.3) is 10.2 Å². The molecule has 152 valence electrons. The molecular weight excluding hydrogens is 404 g/mol. The molecule has 0 saturated heterocycles. The van der Waals surface area contributed by atoms with Crippen LogP contribution >= 0.6 is 23.1 Å². The van der Waals surface area contributed by atoms with Crippen LogP contribution in [-0.4, -0.2) is 26.8 Å². The average molecular weight is 429 g/mol. The number of nitrogens with zero attached hydrogens (tertiary/aromatic N) is 3. The lowest BCUT2D eigenvalue weighted by Crippen LogP contribution is -2.47. The number of amides is 1. The Balaban J connectivity index is 1.60. The number of thioether (sulfide) groups is 1. The van der Waals surface area contributed by atoms with Gasteiger partial charge in [-0.1, -0.05) is 17.8 Å². The molecule has 4 rings (SSSR count). The van der Waals surface area contributed by atoms with Crippen molar-refractivity contribution in [2.45, 2.75) is 62.7 Å². The van der Waals surface area contributed by atoms with Crippen molar-refractivity contribution in [3.63, 3.8) is 0 Å². The molecule has 0 bridgehead atoms. The molecule has 1 unspecified atom stereocenters. The highest BCUT2D eigenvalue weighted by molar-refractivity contribution is 7.99. The fourth-order valence-electron chi connectivity index (χ4n) is 3.96. The van der Waals surface area contributed by atoms with Gasteiger partial charge in [0.25, 0.3) is 5.56 Å². The van der Waals surface area contributed by atoms with Gasteiger partial charge >= 0.3 is 0 Å². The molecule has 2 aromatic heterocycles. The number of nitriles is 1. The summed E-state index contributed by atoms with van der Waals surface area (Å²) in [5.74, 6) is 0.132. The third-order valence-electron chi connectivity index (χ3n) is 5.71. The van der Waals surface area contributed by atoms with Gasteiger partial charge in [-0.15, -0.1) is 17.9 Å². The van der Waals surface area contributed by atoms with Crippen molar-refractivity contribution in [3.8, 4) is 6.07 Å². The van der Waals surface area contributed by atoms with Gasteiger partial charge in [0.15, 0.2) is 5.16 Å². The topological polar surface area (TPSA) is 87.8 Å². The van der Waals surface area contributed by atoms with Crippen LogP contribution in [0.4, 0.5) is 0 Å². The van der Waals surface area contributed by atoms with Crippen molar-refractivity contribution in [2.75, 3.05) is 5.75 Å². The number of hydrogen-bond acceptors (Lipinski definition) is 6. The predicted octanol–water partition coefficient (Wildman–Crippen LogP) is 3.42. The van der Waals surface area contributed by atoms with Gasteiger partial charge in [-0.3, -0.25) is 14.2 Å². The molecule has 0 radical (unpaired) electrons. The number of aryl methyl sites for hydroxylation is 2. The molecule has 0 spiro atoms. The fraction of sp³-hybridized carbons (Fsp3) is 0.524. The monoisotopic (exact) mass is 428 g/mol. The lowest BCUT2D eigenvalue weighted by Gasteiger charge is -2.22. The first-order chi connectivity index (χ1) is 14.0. The van der Waals surface area contributed by atoms with Gasteiger partial charge in [0.05, 0.1) is 17.2 Å². The Morgan fingerprint density at radius 3 is 2.93 bits per heavy atom. The number of allylic oxidation sites excluding steroid dienone is 1. The number of rotatable bonds is 7. The molecule has 2 aromatic rings. The fourth-order valence-corrected chi connectivity index (χ4v) is 6.07. The first-order valence-electron chi connectivity index (χ1n) is 9.98. The Hall–Kier alpha value is -2.11. The number of carbonyl (C=O) groups excluding carboxylic acids is 1. The van der Waals surface area contributed by atoms with Crippen LogP contribution in [0.5, 0.6) is 0 Å². The standard InChI is InChI=1S/C21H24N4O2S2/c1-3-10-25-19(27)17-14-6-4-5-7-15(14)29-18(17)23-20(25)28-11-16(26)24-21(2,12-22)13-8-9-13/h3,13H,1,4-11H2,2H3,(H,24,26). The van der Waals surface area contributed by atoms with Crippen LogP contribution in [0.15, 0.2) is 22.6 Å². The van der Waals surface area contributed by atoms with Crippen LogP contribution in [0, 0.1) is 17.2 Å². The molecule has 6 nitrogen and oxygen atoms in total. The molecule has 1 N–H and O–H groups in total. The molecule has 1 fully saturated rings. The first-order valence-corrected chi connectivity index (χ1v) is 11.8. The Bertz CT molecular complexity index is 1080. The van der Waals surface area contributed by atoms with Gasteiger partial charge in [0, 0.05) is 11.4 Å². The lowest BCUT2D eigenvalue weighted by atomic mass is 9.97. The van der Waals surface area contributed by atoms with Crippen molar-refractivity contribution in [3.05, 3.63) is 33.4 Å². The second-order valence-electron chi connectivity index (χ2n) is 7.92. The molecule has 8 heteroatoms. The number of nitrogens with one attached hydrogen (secondary N) is 1. The number of fused-ring (bicyclic) bond motifs is 3. The van der Waals surface area contributed by atoms with E-state index in [0.717, 1.165) is 54.3 Å². The number of aromatic nitrogens is 2. The maximum absolute atomic E-state index is 13.2. The minimum absolute atomic E-state index is 0.0444. The molecule has 1 atom stereocenters. The molecule has 1 saturated carbocycles. The van der Waals surface area contributed by atoms with Crippen LogP contribution in [0.1, 0.15) is 43.0 Å². The normalized spacial score (nSPS) is 17.9. The zero-order valence-electron chi connectivity index (χ0n) is 16.5. The third-order valence-corrected chi connectivity index (χ3v) is 7.87. The second-order valence-corrected chi connectivity index (χ2v) is 9.94. The largest absolute Gasteiger partial charge is 0.337 e. The molecule has 2 aliphatic rings. The van der Waals surface area contributed by atoms with Crippen LogP contribution < -0.4 is 10.9 Å². The smallest absolute Gasteiger partial charge is 0.263 e. The van der Waals surface area contributed by atoms with E-state index in [-0.39, 0.29) is 23.1 Å². The van der Waals surface area contributed by atoms with Gasteiger partial charge in [-0.25, -0.2) is 4.98 Å². The summed E-state index contributed by atoms with van der Waals surface area (Å²) in [5, 5.41) is 13.6. The van der Waals surface area contributed by atoms with Crippen LogP contribution in [-0.2, 0) is 24.2 Å². The molecule has 2 heterocycles. The van der Waals surface area contributed by atoms with E-state index in [1.807, 2.05) is 0 Å². The van der Waals surface area contributed by atoms with Gasteiger partial charge in [-0.2, -0.15) is 5.26 Å². The van der Waals surface area contributed by atoms with E-state index < -0.39 is 5.54 Å². The molecule has 0 aliphatic heterocycles. The Morgan fingerprint density at radius 2 is 2.24 bits per heavy atom. The van der Waals surface area contributed by atoms with Crippen molar-refractivity contribution in [1.29, 1.82) is 5.26 Å². The zero-order valence-corrected chi connectivity index (χ0v) is 18.1. The number of carbonyl (C=O) groups is 1. The summed E-state index contributed by atoms with van der Waals surface area (Å²) in [7, 11) is 0. The van der Waals surface area contributed by atoms with Gasteiger partial charge in [-0.05, 0) is 56.9 Å². The second kappa shape index (κ2) is 7.96. The summed E-state index contributed by atoms with van der Waals surface area (Å²) in [4.78, 5) is 32.5. The maximum Gasteiger partial charge on any atom is 0.263 e. The number of thiophene rings is 1. The molecule has 1 amide bonds. The summed E-state index contributed by atoms with van der Waals surface area (Å²) in [6.45, 7) is 5.90. The number of hydrogen-bond donors (Lipinski definition) is 1. The average Bonchev–Trinajstić information content (AvgIpc) is 3.50. The highest BCUT2D eigenvalue weighted by Crippen LogP contribution is 2.39. The molecule has 2 aliphatic carbocycles. The predicted molar refractivity (Wildman–Crippen MR) is 116 cm³/mol. The highest BCUT2D eigenvalue weighted by Gasteiger charge is 2.43. The first kappa shape index (κ1) is 20.2. The van der Waals surface area contributed by atoms with E-state index in [2.05, 4.69) is 18.0 Å². The summed E-state index contributed by atoms with van der Waals surface area (Å²) >= 11 is 2.85. The quantitative estimate of drug-likeness (QED) is 0.415. The lowest BCUT2D eigenvalue weighted by molar-refractivity contribution is -0.119. The zero-order chi connectivity index (χ0) is 20.6. The van der Waals surface area contributed by atoms with Gasteiger partial charge in [0.2, 0.25) is 5.91 Å². The summed E-state index contributed by atoms with van der Waals surface area (Å²) in [6.07, 6.45) is 7.82. The summed E-state index contributed by atoms with van der Waals surface area (Å²) in [6, 6.07) is 2.24. The van der Waals surface area contributed by atoms with Crippen LogP contribution in [0.3, 0.4) is 0 Å². The summed E-state index contributed by atoms with van der Waals surface area (Å²) in [5.41, 5.74) is 0.301. The van der Waals surface area contributed by atoms with Crippen molar-refractivity contribution in [2.24, 2.45) is 5.92 Å². The maximum atomic E-state index is 13.2. The highest BCUT2D eigenvalue weighted by atomic mass is 32.2. The SMILES string of the molecule is C=CCn1c(SCC(=O)NC(C)(C#N)C2CC2)nc2sc3c(c2c1=O)CCCC3. The summed E-state index contributed by atoms with van der Waals surface area (Å²) < 4.78 is 1.61. The Labute approximate surface area is 178 Å².